The lowest BCUT2D eigenvalue weighted by Crippen LogP contribution is -2.65. The SMILES string of the molecule is CC1(C)CC[C@]2(C(=O)NCCCCCCCCCCC(=O)O)CC[C@]3(C)C(=CCC4[C@@]5(C)CC[C@H](OC(=O)c6ccccc6)C(C)(C)C5CC[C@]43C)C2C1. The molecule has 5 aliphatic rings. The summed E-state index contributed by atoms with van der Waals surface area (Å²) in [5.74, 6) is 0.771. The number of carbonyl (C=O) groups excluding carboxylic acids is 2. The molecule has 0 bridgehead atoms. The van der Waals surface area contributed by atoms with Gasteiger partial charge in [-0.15, -0.1) is 0 Å². The molecule has 0 heterocycles. The van der Waals surface area contributed by atoms with E-state index in [1.165, 1.54) is 25.7 Å². The first-order valence-electron chi connectivity index (χ1n) is 22.0. The Morgan fingerprint density at radius 3 is 2.09 bits per heavy atom. The van der Waals surface area contributed by atoms with Crippen molar-refractivity contribution in [3.05, 3.63) is 47.5 Å². The molecule has 3 unspecified atom stereocenters. The number of carboxylic acids is 1. The number of amides is 1. The highest BCUT2D eigenvalue weighted by Gasteiger charge is 2.69. The number of aliphatic carboxylic acids is 1. The van der Waals surface area contributed by atoms with Crippen LogP contribution >= 0.6 is 0 Å². The molecule has 54 heavy (non-hydrogen) atoms. The van der Waals surface area contributed by atoms with Gasteiger partial charge in [0.2, 0.25) is 5.91 Å². The van der Waals surface area contributed by atoms with Crippen LogP contribution in [0.15, 0.2) is 42.0 Å². The average molecular weight is 744 g/mol. The third-order valence-electron chi connectivity index (χ3n) is 16.9. The number of ether oxygens (including phenoxy) is 1. The summed E-state index contributed by atoms with van der Waals surface area (Å²) in [5, 5.41) is 12.3. The molecule has 6 nitrogen and oxygen atoms in total. The lowest BCUT2D eigenvalue weighted by Gasteiger charge is -2.71. The van der Waals surface area contributed by atoms with Gasteiger partial charge in [0.15, 0.2) is 0 Å². The van der Waals surface area contributed by atoms with Crippen LogP contribution < -0.4 is 5.32 Å². The molecule has 1 amide bonds. The van der Waals surface area contributed by atoms with Crippen molar-refractivity contribution >= 4 is 17.8 Å². The lowest BCUT2D eigenvalue weighted by atomic mass is 9.33. The zero-order chi connectivity index (χ0) is 39.0. The number of benzene rings is 1. The number of carbonyl (C=O) groups is 3. The maximum Gasteiger partial charge on any atom is 0.338 e. The molecular formula is C48H73NO5. The molecule has 4 fully saturated rings. The number of hydrogen-bond acceptors (Lipinski definition) is 4. The van der Waals surface area contributed by atoms with Crippen molar-refractivity contribution in [3.63, 3.8) is 0 Å². The highest BCUT2D eigenvalue weighted by Crippen LogP contribution is 2.76. The van der Waals surface area contributed by atoms with Crippen molar-refractivity contribution in [1.82, 2.24) is 5.32 Å². The van der Waals surface area contributed by atoms with Gasteiger partial charge in [-0.3, -0.25) is 9.59 Å². The predicted octanol–water partition coefficient (Wildman–Crippen LogP) is 11.7. The van der Waals surface area contributed by atoms with Gasteiger partial charge < -0.3 is 15.2 Å². The van der Waals surface area contributed by atoms with Crippen LogP contribution in [0.1, 0.15) is 181 Å². The van der Waals surface area contributed by atoms with Gasteiger partial charge in [0.25, 0.3) is 0 Å². The van der Waals surface area contributed by atoms with Crippen LogP contribution in [0.5, 0.6) is 0 Å². The monoisotopic (exact) mass is 744 g/mol. The van der Waals surface area contributed by atoms with E-state index in [0.29, 0.717) is 29.2 Å². The summed E-state index contributed by atoms with van der Waals surface area (Å²) < 4.78 is 6.34. The van der Waals surface area contributed by atoms with Crippen LogP contribution in [0.4, 0.5) is 0 Å². The van der Waals surface area contributed by atoms with Gasteiger partial charge in [0, 0.05) is 18.4 Å². The Morgan fingerprint density at radius 2 is 1.41 bits per heavy atom. The van der Waals surface area contributed by atoms with E-state index in [4.69, 9.17) is 9.84 Å². The molecule has 300 valence electrons. The van der Waals surface area contributed by atoms with Gasteiger partial charge in [0.05, 0.1) is 11.0 Å². The first kappa shape index (κ1) is 41.0. The third-order valence-corrected chi connectivity index (χ3v) is 16.9. The molecule has 0 saturated heterocycles. The number of hydrogen-bond donors (Lipinski definition) is 2. The van der Waals surface area contributed by atoms with Gasteiger partial charge in [-0.2, -0.15) is 0 Å². The lowest BCUT2D eigenvalue weighted by molar-refractivity contribution is -0.204. The van der Waals surface area contributed by atoms with Crippen LogP contribution in [0, 0.1) is 50.2 Å². The average Bonchev–Trinajstić information content (AvgIpc) is 3.12. The Balaban J connectivity index is 1.13. The molecule has 5 aliphatic carbocycles. The molecule has 0 radical (unpaired) electrons. The molecule has 0 spiro atoms. The molecule has 8 atom stereocenters. The minimum atomic E-state index is -0.693. The van der Waals surface area contributed by atoms with Crippen molar-refractivity contribution in [2.24, 2.45) is 50.2 Å². The van der Waals surface area contributed by atoms with E-state index in [1.807, 2.05) is 30.3 Å². The number of nitrogens with one attached hydrogen (secondary N) is 1. The highest BCUT2D eigenvalue weighted by molar-refractivity contribution is 5.89. The fourth-order valence-corrected chi connectivity index (χ4v) is 13.4. The Hall–Kier alpha value is -2.63. The molecule has 0 aromatic heterocycles. The van der Waals surface area contributed by atoms with E-state index in [0.717, 1.165) is 96.4 Å². The zero-order valence-electron chi connectivity index (χ0n) is 35.0. The largest absolute Gasteiger partial charge is 0.481 e. The number of esters is 1. The van der Waals surface area contributed by atoms with Crippen LogP contribution in [-0.2, 0) is 14.3 Å². The van der Waals surface area contributed by atoms with Crippen LogP contribution in [0.3, 0.4) is 0 Å². The van der Waals surface area contributed by atoms with Crippen molar-refractivity contribution in [2.75, 3.05) is 6.54 Å². The smallest absolute Gasteiger partial charge is 0.338 e. The molecule has 6 rings (SSSR count). The van der Waals surface area contributed by atoms with E-state index >= 15 is 0 Å². The summed E-state index contributed by atoms with van der Waals surface area (Å²) in [7, 11) is 0. The third kappa shape index (κ3) is 7.47. The Morgan fingerprint density at radius 1 is 0.759 bits per heavy atom. The maximum absolute atomic E-state index is 14.5. The Labute approximate surface area is 327 Å². The zero-order valence-corrected chi connectivity index (χ0v) is 35.0. The second kappa shape index (κ2) is 15.7. The van der Waals surface area contributed by atoms with E-state index in [9.17, 15) is 14.4 Å². The van der Waals surface area contributed by atoms with Gasteiger partial charge in [-0.05, 0) is 129 Å². The molecule has 1 aromatic rings. The van der Waals surface area contributed by atoms with Gasteiger partial charge in [0.1, 0.15) is 6.10 Å². The summed E-state index contributed by atoms with van der Waals surface area (Å²) >= 11 is 0. The van der Waals surface area contributed by atoms with Crippen molar-refractivity contribution in [2.45, 2.75) is 177 Å². The Kier molecular flexibility index (Phi) is 11.9. The summed E-state index contributed by atoms with van der Waals surface area (Å²) in [6.45, 7) is 18.2. The quantitative estimate of drug-likeness (QED) is 0.112. The van der Waals surface area contributed by atoms with Crippen LogP contribution in [-0.4, -0.2) is 35.6 Å². The minimum Gasteiger partial charge on any atom is -0.481 e. The van der Waals surface area contributed by atoms with Crippen molar-refractivity contribution in [3.8, 4) is 0 Å². The fraction of sp³-hybridized carbons (Fsp3) is 0.771. The second-order valence-corrected chi connectivity index (χ2v) is 20.7. The molecular weight excluding hydrogens is 671 g/mol. The molecule has 2 N–H and O–H groups in total. The normalized spacial score (nSPS) is 36.3. The summed E-state index contributed by atoms with van der Waals surface area (Å²) in [5.41, 5.74) is 2.46. The van der Waals surface area contributed by atoms with E-state index in [-0.39, 0.29) is 51.0 Å². The number of allylic oxidation sites excluding steroid dienone is 2. The van der Waals surface area contributed by atoms with Crippen molar-refractivity contribution < 1.29 is 24.2 Å². The molecule has 0 aliphatic heterocycles. The van der Waals surface area contributed by atoms with Gasteiger partial charge in [-0.25, -0.2) is 4.79 Å². The van der Waals surface area contributed by atoms with Gasteiger partial charge >= 0.3 is 11.9 Å². The first-order valence-corrected chi connectivity index (χ1v) is 22.0. The molecule has 1 aromatic carbocycles. The van der Waals surface area contributed by atoms with E-state index in [2.05, 4.69) is 59.9 Å². The van der Waals surface area contributed by atoms with Crippen LogP contribution in [0.25, 0.3) is 0 Å². The second-order valence-electron chi connectivity index (χ2n) is 20.7. The molecule has 6 heteroatoms. The number of unbranched alkanes of at least 4 members (excludes halogenated alkanes) is 7. The van der Waals surface area contributed by atoms with Crippen molar-refractivity contribution in [1.29, 1.82) is 0 Å². The van der Waals surface area contributed by atoms with Gasteiger partial charge in [-0.1, -0.05) is 117 Å². The van der Waals surface area contributed by atoms with E-state index < -0.39 is 5.97 Å². The highest BCUT2D eigenvalue weighted by atomic mass is 16.5. The standard InChI is InChI=1S/C48H73NO5/c1-43(2)28-30-48(42(53)49-32-18-13-11-9-8-10-12-17-21-40(50)51)31-29-46(6)35(36(48)33-43)22-23-38-45(5)26-25-39(54-41(52)34-19-15-14-16-20-34)44(3,4)37(45)24-27-47(38,46)7/h14-16,19-20,22,36-39H,8-13,17-18,21,23-33H2,1-7H3,(H,49,53)(H,50,51)/t36?,37?,38?,39-,45-,46+,47+,48-/m0/s1. The fourth-order valence-electron chi connectivity index (χ4n) is 13.4. The summed E-state index contributed by atoms with van der Waals surface area (Å²) in [6, 6.07) is 9.47. The number of fused-ring (bicyclic) bond motifs is 7. The topological polar surface area (TPSA) is 92.7 Å². The predicted molar refractivity (Wildman–Crippen MR) is 217 cm³/mol. The Bertz CT molecular complexity index is 1550. The van der Waals surface area contributed by atoms with Crippen LogP contribution in [0.2, 0.25) is 0 Å². The number of rotatable bonds is 14. The summed E-state index contributed by atoms with van der Waals surface area (Å²) in [4.78, 5) is 38.4. The minimum absolute atomic E-state index is 0.0696. The maximum atomic E-state index is 14.5. The number of carboxylic acid groups (broad SMARTS) is 1. The molecule has 4 saturated carbocycles. The van der Waals surface area contributed by atoms with E-state index in [1.54, 1.807) is 5.57 Å². The summed E-state index contributed by atoms with van der Waals surface area (Å²) in [6.07, 6.45) is 22.2. The first-order chi connectivity index (χ1) is 25.5.